The predicted molar refractivity (Wildman–Crippen MR) is 123 cm³/mol. The summed E-state index contributed by atoms with van der Waals surface area (Å²) >= 11 is 2.38. The average Bonchev–Trinajstić information content (AvgIpc) is 3.07. The summed E-state index contributed by atoms with van der Waals surface area (Å²) in [6.45, 7) is 0. The Balaban J connectivity index is 1.81. The van der Waals surface area contributed by atoms with Gasteiger partial charge in [-0.3, -0.25) is 4.57 Å². The largest absolute Gasteiger partial charge is 0.497 e. The average molecular weight is 476 g/mol. The summed E-state index contributed by atoms with van der Waals surface area (Å²) in [7, 11) is 1.70. The molecule has 0 amide bonds. The van der Waals surface area contributed by atoms with Gasteiger partial charge >= 0.3 is 0 Å². The Morgan fingerprint density at radius 2 is 1.61 bits per heavy atom. The van der Waals surface area contributed by atoms with Crippen molar-refractivity contribution >= 4 is 44.4 Å². The van der Waals surface area contributed by atoms with Crippen LogP contribution < -0.4 is 4.74 Å². The number of para-hydroxylation sites is 1. The minimum atomic E-state index is 0.838. The first-order valence-corrected chi connectivity index (χ1v) is 10.1. The van der Waals surface area contributed by atoms with Crippen LogP contribution in [0.15, 0.2) is 85.1 Å². The lowest BCUT2D eigenvalue weighted by molar-refractivity contribution is 0.415. The van der Waals surface area contributed by atoms with Crippen molar-refractivity contribution in [3.05, 3.63) is 88.6 Å². The fraction of sp³-hybridized carbons (Fsp3) is 0.0417. The Morgan fingerprint density at radius 3 is 2.46 bits per heavy atom. The molecule has 3 nitrogen and oxygen atoms in total. The number of benzene rings is 3. The molecule has 0 radical (unpaired) electrons. The van der Waals surface area contributed by atoms with Gasteiger partial charge in [-0.25, -0.2) is 4.98 Å². The first-order valence-electron chi connectivity index (χ1n) is 9.05. The van der Waals surface area contributed by atoms with Crippen LogP contribution in [0.3, 0.4) is 0 Å². The van der Waals surface area contributed by atoms with Crippen LogP contribution >= 0.6 is 22.6 Å². The van der Waals surface area contributed by atoms with Gasteiger partial charge in [0.15, 0.2) is 0 Å². The third kappa shape index (κ3) is 2.76. The molecule has 2 aromatic heterocycles. The van der Waals surface area contributed by atoms with Crippen molar-refractivity contribution in [2.24, 2.45) is 0 Å². The summed E-state index contributed by atoms with van der Waals surface area (Å²) < 4.78 is 8.92. The fourth-order valence-corrected chi connectivity index (χ4v) is 4.43. The van der Waals surface area contributed by atoms with Crippen LogP contribution in [0.5, 0.6) is 5.75 Å². The van der Waals surface area contributed by atoms with Gasteiger partial charge in [-0.2, -0.15) is 0 Å². The quantitative estimate of drug-likeness (QED) is 0.280. The van der Waals surface area contributed by atoms with Crippen molar-refractivity contribution in [1.29, 1.82) is 0 Å². The van der Waals surface area contributed by atoms with E-state index < -0.39 is 0 Å². The summed E-state index contributed by atoms with van der Waals surface area (Å²) in [4.78, 5) is 4.71. The minimum Gasteiger partial charge on any atom is -0.497 e. The Bertz CT molecular complexity index is 1320. The number of fused-ring (bicyclic) bond motifs is 3. The normalized spacial score (nSPS) is 11.2. The number of ether oxygens (including phenoxy) is 1. The van der Waals surface area contributed by atoms with Gasteiger partial charge in [-0.05, 0) is 70.1 Å². The van der Waals surface area contributed by atoms with Crippen LogP contribution in [0, 0.1) is 3.57 Å². The molecule has 0 aliphatic carbocycles. The zero-order valence-corrected chi connectivity index (χ0v) is 17.4. The molecule has 0 saturated carbocycles. The molecule has 0 spiro atoms. The van der Waals surface area contributed by atoms with Gasteiger partial charge in [0.1, 0.15) is 11.6 Å². The Morgan fingerprint density at radius 1 is 0.821 bits per heavy atom. The molecule has 0 fully saturated rings. The Hall–Kier alpha value is -2.86. The number of nitrogens with zero attached hydrogens (tertiary/aromatic N) is 2. The van der Waals surface area contributed by atoms with E-state index in [-0.39, 0.29) is 0 Å². The first kappa shape index (κ1) is 17.3. The molecule has 0 aliphatic rings. The molecule has 0 aliphatic heterocycles. The van der Waals surface area contributed by atoms with Gasteiger partial charge in [-0.15, -0.1) is 0 Å². The predicted octanol–water partition coefficient (Wildman–Crippen LogP) is 6.46. The highest BCUT2D eigenvalue weighted by Gasteiger charge is 2.14. The molecule has 0 bridgehead atoms. The van der Waals surface area contributed by atoms with Crippen molar-refractivity contribution in [2.75, 3.05) is 7.11 Å². The summed E-state index contributed by atoms with van der Waals surface area (Å²) in [5.74, 6) is 1.74. The van der Waals surface area contributed by atoms with Crippen molar-refractivity contribution in [1.82, 2.24) is 9.55 Å². The van der Waals surface area contributed by atoms with Gasteiger partial charge in [0, 0.05) is 26.6 Å². The number of rotatable bonds is 3. The highest BCUT2D eigenvalue weighted by atomic mass is 127. The van der Waals surface area contributed by atoms with E-state index in [4.69, 9.17) is 9.72 Å². The lowest BCUT2D eigenvalue weighted by atomic mass is 10.1. The van der Waals surface area contributed by atoms with Gasteiger partial charge in [0.2, 0.25) is 0 Å². The van der Waals surface area contributed by atoms with Crippen LogP contribution in [0.1, 0.15) is 0 Å². The maximum atomic E-state index is 5.48. The molecule has 2 heterocycles. The van der Waals surface area contributed by atoms with E-state index in [0.29, 0.717) is 0 Å². The van der Waals surface area contributed by atoms with E-state index >= 15 is 0 Å². The number of halogens is 1. The molecule has 4 heteroatoms. The first-order chi connectivity index (χ1) is 13.8. The summed E-state index contributed by atoms with van der Waals surface area (Å²) in [5, 5.41) is 2.40. The van der Waals surface area contributed by atoms with Crippen LogP contribution in [0.4, 0.5) is 0 Å². The number of hydrogen-bond acceptors (Lipinski definition) is 2. The monoisotopic (exact) mass is 476 g/mol. The zero-order valence-electron chi connectivity index (χ0n) is 15.3. The maximum Gasteiger partial charge on any atom is 0.138 e. The molecule has 0 atom stereocenters. The molecule has 28 heavy (non-hydrogen) atoms. The Kier molecular flexibility index (Phi) is 4.28. The van der Waals surface area contributed by atoms with Crippen molar-refractivity contribution in [3.8, 4) is 22.7 Å². The molecule has 136 valence electrons. The minimum absolute atomic E-state index is 0.838. The van der Waals surface area contributed by atoms with Crippen LogP contribution in [0.25, 0.3) is 38.8 Å². The summed E-state index contributed by atoms with van der Waals surface area (Å²) in [6, 6.07) is 27.3. The van der Waals surface area contributed by atoms with Crippen LogP contribution in [-0.4, -0.2) is 16.7 Å². The van der Waals surface area contributed by atoms with E-state index in [1.807, 2.05) is 12.3 Å². The topological polar surface area (TPSA) is 27.1 Å². The molecular formula is C24H17IN2O. The molecule has 0 saturated heterocycles. The second kappa shape index (κ2) is 6.95. The lowest BCUT2D eigenvalue weighted by Gasteiger charge is -2.10. The van der Waals surface area contributed by atoms with E-state index in [2.05, 4.69) is 100.0 Å². The van der Waals surface area contributed by atoms with E-state index in [0.717, 1.165) is 28.2 Å². The SMILES string of the molecule is COc1ccc2c3ccccc3n(-c3cc(-c4ccccc4I)ccn3)c2c1. The second-order valence-corrected chi connectivity index (χ2v) is 7.78. The van der Waals surface area contributed by atoms with Crippen LogP contribution in [-0.2, 0) is 0 Å². The van der Waals surface area contributed by atoms with E-state index in [9.17, 15) is 0 Å². The fourth-order valence-electron chi connectivity index (χ4n) is 3.73. The second-order valence-electron chi connectivity index (χ2n) is 6.62. The van der Waals surface area contributed by atoms with Crippen molar-refractivity contribution in [3.63, 3.8) is 0 Å². The van der Waals surface area contributed by atoms with Gasteiger partial charge in [0.05, 0.1) is 18.1 Å². The highest BCUT2D eigenvalue weighted by Crippen LogP contribution is 2.34. The lowest BCUT2D eigenvalue weighted by Crippen LogP contribution is -1.98. The van der Waals surface area contributed by atoms with Gasteiger partial charge < -0.3 is 4.74 Å². The molecule has 5 rings (SSSR count). The summed E-state index contributed by atoms with van der Waals surface area (Å²) in [6.07, 6.45) is 1.88. The van der Waals surface area contributed by atoms with Crippen molar-refractivity contribution in [2.45, 2.75) is 0 Å². The highest BCUT2D eigenvalue weighted by molar-refractivity contribution is 14.1. The number of hydrogen-bond donors (Lipinski definition) is 0. The maximum absolute atomic E-state index is 5.48. The smallest absolute Gasteiger partial charge is 0.138 e. The molecular weight excluding hydrogens is 459 g/mol. The number of pyridine rings is 1. The van der Waals surface area contributed by atoms with Gasteiger partial charge in [-0.1, -0.05) is 36.4 Å². The van der Waals surface area contributed by atoms with Crippen molar-refractivity contribution < 1.29 is 4.74 Å². The Labute approximate surface area is 176 Å². The summed E-state index contributed by atoms with van der Waals surface area (Å²) in [5.41, 5.74) is 4.60. The zero-order chi connectivity index (χ0) is 19.1. The van der Waals surface area contributed by atoms with Gasteiger partial charge in [0.25, 0.3) is 0 Å². The number of methoxy groups -OCH3 is 1. The van der Waals surface area contributed by atoms with E-state index in [1.165, 1.54) is 19.9 Å². The third-order valence-corrected chi connectivity index (χ3v) is 5.98. The molecule has 0 unspecified atom stereocenters. The molecule has 5 aromatic rings. The van der Waals surface area contributed by atoms with Crippen LogP contribution in [0.2, 0.25) is 0 Å². The standard InChI is InChI=1S/C24H17IN2O/c1-28-17-10-11-20-19-7-3-5-9-22(19)27(23(20)15-17)24-14-16(12-13-26-24)18-6-2-4-8-21(18)25/h2-15H,1H3. The molecule has 3 aromatic carbocycles. The third-order valence-electron chi connectivity index (χ3n) is 5.04. The van der Waals surface area contributed by atoms with E-state index in [1.54, 1.807) is 7.11 Å². The number of aromatic nitrogens is 2. The molecule has 0 N–H and O–H groups in total.